The van der Waals surface area contributed by atoms with Crippen molar-refractivity contribution in [2.45, 2.75) is 13.0 Å². The van der Waals surface area contributed by atoms with Gasteiger partial charge in [0.15, 0.2) is 0 Å². The fraction of sp³-hybridized carbons (Fsp3) is 0.857. The lowest BCUT2D eigenvalue weighted by Crippen LogP contribution is -2.45. The van der Waals surface area contributed by atoms with Crippen LogP contribution in [0, 0.1) is 0 Å². The number of nitrogens with zero attached hydrogens (tertiary/aromatic N) is 1. The predicted molar refractivity (Wildman–Crippen MR) is 40.3 cm³/mol. The summed E-state index contributed by atoms with van der Waals surface area (Å²) in [5, 5.41) is 6.77. The van der Waals surface area contributed by atoms with Gasteiger partial charge in [0.25, 0.3) is 5.91 Å². The maximum atomic E-state index is 11.1. The molecule has 1 unspecified atom stereocenters. The number of nitrogens with one attached hydrogen (secondary N) is 1. The summed E-state index contributed by atoms with van der Waals surface area (Å²) in [4.78, 5) is 11.1. The lowest BCUT2D eigenvalue weighted by molar-refractivity contribution is -0.134. The van der Waals surface area contributed by atoms with Crippen LogP contribution in [0.1, 0.15) is 6.92 Å². The Hall–Kier alpha value is -0.610. The largest absolute Gasteiger partial charge is 0.366 e. The molecule has 0 aromatic rings. The molecule has 1 rings (SSSR count). The molecule has 1 amide bonds. The van der Waals surface area contributed by atoms with E-state index in [1.807, 2.05) is 6.92 Å². The van der Waals surface area contributed by atoms with Crippen LogP contribution < -0.4 is 10.6 Å². The van der Waals surface area contributed by atoms with Crippen LogP contribution in [0.4, 0.5) is 0 Å². The monoisotopic (exact) mass is 157 g/mol. The van der Waals surface area contributed by atoms with Crippen LogP contribution in [0.15, 0.2) is 0 Å². The third-order valence-electron chi connectivity index (χ3n) is 1.51. The molecule has 1 heterocycles. The molecule has 4 nitrogen and oxygen atoms in total. The molecule has 1 N–H and O–H groups in total. The highest BCUT2D eigenvalue weighted by atomic mass is 16.5. The van der Waals surface area contributed by atoms with Crippen LogP contribution in [0.2, 0.25) is 0 Å². The molecule has 1 aliphatic heterocycles. The first-order valence-corrected chi connectivity index (χ1v) is 3.87. The minimum atomic E-state index is -0.344. The minimum absolute atomic E-state index is 0.0454. The number of rotatable bonds is 2. The zero-order valence-electron chi connectivity index (χ0n) is 6.67. The zero-order chi connectivity index (χ0) is 8.10. The second kappa shape index (κ2) is 4.31. The van der Waals surface area contributed by atoms with E-state index in [-0.39, 0.29) is 12.0 Å². The Morgan fingerprint density at radius 3 is 3.18 bits per heavy atom. The maximum Gasteiger partial charge on any atom is 0.250 e. The van der Waals surface area contributed by atoms with Gasteiger partial charge in [-0.2, -0.15) is 0 Å². The number of hydrogen-bond acceptors (Lipinski definition) is 2. The molecule has 1 radical (unpaired) electrons. The van der Waals surface area contributed by atoms with Gasteiger partial charge in [-0.05, 0) is 6.92 Å². The Bertz CT molecular complexity index is 132. The summed E-state index contributed by atoms with van der Waals surface area (Å²) in [6.45, 7) is 4.33. The van der Waals surface area contributed by atoms with E-state index in [9.17, 15) is 4.79 Å². The average Bonchev–Trinajstić information content (AvgIpc) is 2.07. The smallest absolute Gasteiger partial charge is 0.250 e. The van der Waals surface area contributed by atoms with Crippen molar-refractivity contribution in [3.63, 3.8) is 0 Å². The number of amides is 1. The van der Waals surface area contributed by atoms with E-state index in [0.717, 1.165) is 6.54 Å². The molecule has 4 heteroatoms. The molecule has 1 fully saturated rings. The van der Waals surface area contributed by atoms with Crippen molar-refractivity contribution in [2.75, 3.05) is 26.2 Å². The van der Waals surface area contributed by atoms with Gasteiger partial charge in [0.05, 0.1) is 6.61 Å². The van der Waals surface area contributed by atoms with E-state index in [0.29, 0.717) is 19.7 Å². The van der Waals surface area contributed by atoms with E-state index in [1.165, 1.54) is 0 Å². The first-order valence-electron chi connectivity index (χ1n) is 3.87. The quantitative estimate of drug-likeness (QED) is 0.566. The number of likely N-dealkylation sites (N-methyl/N-ethyl adjacent to an activating group) is 1. The van der Waals surface area contributed by atoms with Gasteiger partial charge < -0.3 is 10.1 Å². The Kier molecular flexibility index (Phi) is 3.32. The predicted octanol–water partition coefficient (Wildman–Crippen LogP) is -0.874. The fourth-order valence-electron chi connectivity index (χ4n) is 0.967. The second-order valence-corrected chi connectivity index (χ2v) is 2.38. The van der Waals surface area contributed by atoms with Gasteiger partial charge in [0.1, 0.15) is 6.10 Å². The number of hydrogen-bond donors (Lipinski definition) is 1. The molecule has 0 spiro atoms. The number of morpholine rings is 1. The van der Waals surface area contributed by atoms with Crippen molar-refractivity contribution in [1.82, 2.24) is 10.6 Å². The molecule has 0 aromatic carbocycles. The molecule has 11 heavy (non-hydrogen) atoms. The molecule has 63 valence electrons. The summed E-state index contributed by atoms with van der Waals surface area (Å²) in [6.07, 6.45) is -0.344. The highest BCUT2D eigenvalue weighted by Gasteiger charge is 2.21. The summed E-state index contributed by atoms with van der Waals surface area (Å²) >= 11 is 0. The van der Waals surface area contributed by atoms with E-state index >= 15 is 0 Å². The van der Waals surface area contributed by atoms with Crippen molar-refractivity contribution in [3.05, 3.63) is 0 Å². The Balaban J connectivity index is 2.27. The fourth-order valence-corrected chi connectivity index (χ4v) is 0.967. The van der Waals surface area contributed by atoms with Crippen molar-refractivity contribution < 1.29 is 9.53 Å². The summed E-state index contributed by atoms with van der Waals surface area (Å²) < 4.78 is 5.19. The van der Waals surface area contributed by atoms with E-state index in [2.05, 4.69) is 10.6 Å². The van der Waals surface area contributed by atoms with Crippen molar-refractivity contribution in [3.8, 4) is 0 Å². The van der Waals surface area contributed by atoms with Crippen LogP contribution in [0.25, 0.3) is 0 Å². The van der Waals surface area contributed by atoms with Gasteiger partial charge in [-0.25, -0.2) is 5.32 Å². The SMILES string of the molecule is CCNC(=O)C1C[N]CCO1. The van der Waals surface area contributed by atoms with Gasteiger partial charge >= 0.3 is 0 Å². The topological polar surface area (TPSA) is 52.4 Å². The standard InChI is InChI=1S/C7H13N2O2/c1-2-9-7(10)6-5-8-3-4-11-6/h6H,2-5H2,1H3,(H,9,10). The molecule has 0 aromatic heterocycles. The van der Waals surface area contributed by atoms with Crippen molar-refractivity contribution in [2.24, 2.45) is 0 Å². The lowest BCUT2D eigenvalue weighted by Gasteiger charge is -2.20. The highest BCUT2D eigenvalue weighted by molar-refractivity contribution is 5.81. The van der Waals surface area contributed by atoms with Crippen LogP contribution in [-0.2, 0) is 9.53 Å². The normalized spacial score (nSPS) is 24.6. The summed E-state index contributed by atoms with van der Waals surface area (Å²) in [5.74, 6) is -0.0454. The minimum Gasteiger partial charge on any atom is -0.366 e. The number of ether oxygens (including phenoxy) is 1. The van der Waals surface area contributed by atoms with Crippen LogP contribution in [-0.4, -0.2) is 38.3 Å². The number of carbonyl (C=O) groups excluding carboxylic acids is 1. The molecule has 0 saturated carbocycles. The highest BCUT2D eigenvalue weighted by Crippen LogP contribution is 1.96. The molecule has 0 bridgehead atoms. The second-order valence-electron chi connectivity index (χ2n) is 2.38. The molecular formula is C7H13N2O2. The van der Waals surface area contributed by atoms with Crippen LogP contribution in [0.5, 0.6) is 0 Å². The van der Waals surface area contributed by atoms with Crippen molar-refractivity contribution >= 4 is 5.91 Å². The van der Waals surface area contributed by atoms with Crippen LogP contribution in [0.3, 0.4) is 0 Å². The van der Waals surface area contributed by atoms with Crippen molar-refractivity contribution in [1.29, 1.82) is 0 Å². The first-order chi connectivity index (χ1) is 5.34. The van der Waals surface area contributed by atoms with Gasteiger partial charge in [-0.15, -0.1) is 0 Å². The van der Waals surface area contributed by atoms with Gasteiger partial charge in [-0.1, -0.05) is 0 Å². The first kappa shape index (κ1) is 8.49. The Labute approximate surface area is 66.3 Å². The summed E-state index contributed by atoms with van der Waals surface area (Å²) in [6, 6.07) is 0. The summed E-state index contributed by atoms with van der Waals surface area (Å²) in [7, 11) is 0. The third-order valence-corrected chi connectivity index (χ3v) is 1.51. The zero-order valence-corrected chi connectivity index (χ0v) is 6.67. The van der Waals surface area contributed by atoms with Gasteiger partial charge in [0.2, 0.25) is 0 Å². The Morgan fingerprint density at radius 1 is 1.82 bits per heavy atom. The molecule has 1 saturated heterocycles. The van der Waals surface area contributed by atoms with Gasteiger partial charge in [-0.3, -0.25) is 4.79 Å². The van der Waals surface area contributed by atoms with E-state index in [1.54, 1.807) is 0 Å². The Morgan fingerprint density at radius 2 is 2.64 bits per heavy atom. The van der Waals surface area contributed by atoms with E-state index in [4.69, 9.17) is 4.74 Å². The lowest BCUT2D eigenvalue weighted by atomic mass is 10.3. The van der Waals surface area contributed by atoms with Gasteiger partial charge in [0, 0.05) is 19.6 Å². The number of carbonyl (C=O) groups is 1. The van der Waals surface area contributed by atoms with E-state index < -0.39 is 0 Å². The molecule has 0 aliphatic carbocycles. The molecule has 1 aliphatic rings. The summed E-state index contributed by atoms with van der Waals surface area (Å²) in [5.41, 5.74) is 0. The maximum absolute atomic E-state index is 11.1. The molecule has 1 atom stereocenters. The molecular weight excluding hydrogens is 144 g/mol. The third kappa shape index (κ3) is 2.48. The average molecular weight is 157 g/mol. The van der Waals surface area contributed by atoms with Crippen LogP contribution >= 0.6 is 0 Å².